The molecule has 112 valence electrons. The molecule has 0 amide bonds. The number of ether oxygens (including phenoxy) is 3. The number of fused-ring (bicyclic) bond motifs is 3. The van der Waals surface area contributed by atoms with Crippen LogP contribution >= 0.6 is 0 Å². The first-order chi connectivity index (χ1) is 10.6. The van der Waals surface area contributed by atoms with Gasteiger partial charge in [0.15, 0.2) is 0 Å². The first kappa shape index (κ1) is 13.1. The van der Waals surface area contributed by atoms with E-state index in [4.69, 9.17) is 14.2 Å². The average Bonchev–Trinajstić information content (AvgIpc) is 3.10. The van der Waals surface area contributed by atoms with Crippen molar-refractivity contribution in [1.29, 1.82) is 0 Å². The molecule has 1 aliphatic carbocycles. The Bertz CT molecular complexity index is 730. The number of carbonyl (C=O) groups excluding carboxylic acids is 2. The van der Waals surface area contributed by atoms with Gasteiger partial charge in [-0.15, -0.1) is 0 Å². The number of rotatable bonds is 2. The van der Waals surface area contributed by atoms with Crippen LogP contribution < -0.4 is 0 Å². The van der Waals surface area contributed by atoms with Crippen LogP contribution in [0, 0.1) is 5.92 Å². The maximum Gasteiger partial charge on any atom is 0.338 e. The fraction of sp³-hybridized carbons (Fsp3) is 0.294. The van der Waals surface area contributed by atoms with Crippen LogP contribution in [0.4, 0.5) is 0 Å². The molecule has 0 bridgehead atoms. The van der Waals surface area contributed by atoms with Crippen molar-refractivity contribution < 1.29 is 23.8 Å². The van der Waals surface area contributed by atoms with E-state index < -0.39 is 12.3 Å². The minimum Gasteiger partial charge on any atom is -0.458 e. The second-order valence-corrected chi connectivity index (χ2v) is 5.67. The highest BCUT2D eigenvalue weighted by atomic mass is 16.7. The van der Waals surface area contributed by atoms with Gasteiger partial charge in [0.05, 0.1) is 11.8 Å². The molecule has 4 rings (SSSR count). The second kappa shape index (κ2) is 4.73. The summed E-state index contributed by atoms with van der Waals surface area (Å²) in [6.07, 6.45) is 2.71. The molecule has 1 unspecified atom stereocenters. The Morgan fingerprint density at radius 2 is 2.00 bits per heavy atom. The Hall–Kier alpha value is -2.56. The minimum atomic E-state index is -0.768. The largest absolute Gasteiger partial charge is 0.458 e. The lowest BCUT2D eigenvalue weighted by molar-refractivity contribution is -0.152. The number of hydrogen-bond acceptors (Lipinski definition) is 5. The first-order valence-electron chi connectivity index (χ1n) is 7.17. The van der Waals surface area contributed by atoms with Crippen LogP contribution in [0.3, 0.4) is 0 Å². The molecule has 0 aromatic heterocycles. The molecule has 3 aliphatic rings. The molecule has 0 radical (unpaired) electrons. The summed E-state index contributed by atoms with van der Waals surface area (Å²) < 4.78 is 15.9. The molecule has 5 nitrogen and oxygen atoms in total. The third-order valence-electron chi connectivity index (χ3n) is 4.30. The van der Waals surface area contributed by atoms with E-state index in [2.05, 4.69) is 0 Å². The van der Waals surface area contributed by atoms with E-state index in [1.807, 2.05) is 24.3 Å². The van der Waals surface area contributed by atoms with E-state index >= 15 is 0 Å². The SMILES string of the molecule is CC1=C[C@H](O/C=C2/C(=O)O[C@@H]3c4ccccc4CC23)OC1=O. The van der Waals surface area contributed by atoms with E-state index in [-0.39, 0.29) is 18.0 Å². The normalized spacial score (nSPS) is 30.7. The molecular weight excluding hydrogens is 284 g/mol. The average molecular weight is 298 g/mol. The van der Waals surface area contributed by atoms with Gasteiger partial charge in [-0.05, 0) is 24.5 Å². The van der Waals surface area contributed by atoms with Gasteiger partial charge in [-0.3, -0.25) is 0 Å². The van der Waals surface area contributed by atoms with E-state index in [1.54, 1.807) is 13.0 Å². The van der Waals surface area contributed by atoms with Crippen LogP contribution in [0.2, 0.25) is 0 Å². The molecule has 1 aromatic carbocycles. The van der Waals surface area contributed by atoms with Crippen molar-refractivity contribution in [1.82, 2.24) is 0 Å². The predicted molar refractivity (Wildman–Crippen MR) is 75.3 cm³/mol. The summed E-state index contributed by atoms with van der Waals surface area (Å²) in [6.45, 7) is 1.66. The van der Waals surface area contributed by atoms with E-state index in [0.29, 0.717) is 11.1 Å². The molecule has 1 aromatic rings. The number of cyclic esters (lactones) is 1. The molecular formula is C17H14O5. The summed E-state index contributed by atoms with van der Waals surface area (Å²) in [4.78, 5) is 23.3. The molecule has 0 N–H and O–H groups in total. The summed E-state index contributed by atoms with van der Waals surface area (Å²) in [5.41, 5.74) is 3.25. The maximum atomic E-state index is 12.0. The van der Waals surface area contributed by atoms with E-state index in [9.17, 15) is 9.59 Å². The van der Waals surface area contributed by atoms with Crippen LogP contribution in [-0.2, 0) is 30.2 Å². The quantitative estimate of drug-likeness (QED) is 0.476. The Balaban J connectivity index is 1.55. The van der Waals surface area contributed by atoms with Crippen molar-refractivity contribution in [3.63, 3.8) is 0 Å². The number of carbonyl (C=O) groups is 2. The Kier molecular flexibility index (Phi) is 2.82. The topological polar surface area (TPSA) is 61.8 Å². The third kappa shape index (κ3) is 1.93. The summed E-state index contributed by atoms with van der Waals surface area (Å²) in [5.74, 6) is -0.801. The molecule has 3 atom stereocenters. The van der Waals surface area contributed by atoms with Crippen molar-refractivity contribution >= 4 is 11.9 Å². The predicted octanol–water partition coefficient (Wildman–Crippen LogP) is 2.19. The van der Waals surface area contributed by atoms with Gasteiger partial charge in [0, 0.05) is 17.6 Å². The molecule has 0 saturated carbocycles. The van der Waals surface area contributed by atoms with Crippen molar-refractivity contribution in [2.24, 2.45) is 5.92 Å². The number of esters is 2. The Morgan fingerprint density at radius 3 is 2.77 bits per heavy atom. The van der Waals surface area contributed by atoms with Crippen molar-refractivity contribution in [3.05, 3.63) is 58.9 Å². The van der Waals surface area contributed by atoms with Gasteiger partial charge < -0.3 is 14.2 Å². The molecule has 2 aliphatic heterocycles. The molecule has 0 spiro atoms. The Labute approximate surface area is 127 Å². The minimum absolute atomic E-state index is 0.0351. The lowest BCUT2D eigenvalue weighted by atomic mass is 9.98. The first-order valence-corrected chi connectivity index (χ1v) is 7.17. The summed E-state index contributed by atoms with van der Waals surface area (Å²) in [5, 5.41) is 0. The number of benzene rings is 1. The molecule has 5 heteroatoms. The lowest BCUT2D eigenvalue weighted by Crippen LogP contribution is -2.11. The molecule has 1 saturated heterocycles. The smallest absolute Gasteiger partial charge is 0.338 e. The van der Waals surface area contributed by atoms with Gasteiger partial charge in [0.1, 0.15) is 6.10 Å². The van der Waals surface area contributed by atoms with Crippen LogP contribution in [-0.4, -0.2) is 18.2 Å². The monoisotopic (exact) mass is 298 g/mol. The third-order valence-corrected chi connectivity index (χ3v) is 4.30. The van der Waals surface area contributed by atoms with Gasteiger partial charge in [-0.1, -0.05) is 24.3 Å². The van der Waals surface area contributed by atoms with E-state index in [0.717, 1.165) is 12.0 Å². The highest BCUT2D eigenvalue weighted by Crippen LogP contribution is 2.47. The highest BCUT2D eigenvalue weighted by Gasteiger charge is 2.46. The van der Waals surface area contributed by atoms with Crippen molar-refractivity contribution in [2.45, 2.75) is 25.7 Å². The van der Waals surface area contributed by atoms with Gasteiger partial charge in [0.25, 0.3) is 6.29 Å². The summed E-state index contributed by atoms with van der Waals surface area (Å²) in [6, 6.07) is 7.96. The van der Waals surface area contributed by atoms with Crippen LogP contribution in [0.25, 0.3) is 0 Å². The zero-order chi connectivity index (χ0) is 15.3. The summed E-state index contributed by atoms with van der Waals surface area (Å²) in [7, 11) is 0. The molecule has 2 heterocycles. The molecule has 22 heavy (non-hydrogen) atoms. The fourth-order valence-corrected chi connectivity index (χ4v) is 3.16. The maximum absolute atomic E-state index is 12.0. The van der Waals surface area contributed by atoms with E-state index in [1.165, 1.54) is 11.8 Å². The molecule has 1 fully saturated rings. The zero-order valence-electron chi connectivity index (χ0n) is 11.9. The second-order valence-electron chi connectivity index (χ2n) is 5.67. The fourth-order valence-electron chi connectivity index (χ4n) is 3.16. The van der Waals surface area contributed by atoms with Gasteiger partial charge >= 0.3 is 11.9 Å². The van der Waals surface area contributed by atoms with Crippen LogP contribution in [0.5, 0.6) is 0 Å². The Morgan fingerprint density at radius 1 is 1.18 bits per heavy atom. The van der Waals surface area contributed by atoms with Crippen molar-refractivity contribution in [3.8, 4) is 0 Å². The van der Waals surface area contributed by atoms with Gasteiger partial charge in [0.2, 0.25) is 0 Å². The zero-order valence-corrected chi connectivity index (χ0v) is 11.9. The van der Waals surface area contributed by atoms with Gasteiger partial charge in [-0.2, -0.15) is 0 Å². The van der Waals surface area contributed by atoms with Crippen LogP contribution in [0.1, 0.15) is 24.2 Å². The van der Waals surface area contributed by atoms with Gasteiger partial charge in [-0.25, -0.2) is 9.59 Å². The van der Waals surface area contributed by atoms with Crippen LogP contribution in [0.15, 0.2) is 47.7 Å². The van der Waals surface area contributed by atoms with Crippen molar-refractivity contribution in [2.75, 3.05) is 0 Å². The standard InChI is InChI=1S/C17H14O5/c1-9-6-14(21-16(9)18)20-8-13-12-7-10-4-2-3-5-11(10)15(12)22-17(13)19/h2-6,8,12,14-15H,7H2,1H3/b13-8+/t12?,14-,15-/m1/s1. The lowest BCUT2D eigenvalue weighted by Gasteiger charge is -2.09. The highest BCUT2D eigenvalue weighted by molar-refractivity contribution is 5.92. The number of hydrogen-bond donors (Lipinski definition) is 0. The summed E-state index contributed by atoms with van der Waals surface area (Å²) >= 11 is 0.